The Bertz CT molecular complexity index is 9290. The molecule has 27 rings (SSSR count). The molecule has 0 N–H and O–H groups in total. The lowest BCUT2D eigenvalue weighted by molar-refractivity contribution is 0.668. The molecule has 0 amide bonds. The van der Waals surface area contributed by atoms with Gasteiger partial charge in [0.25, 0.3) is 0 Å². The lowest BCUT2D eigenvalue weighted by atomic mass is 9.92. The molecule has 12 nitrogen and oxygen atoms in total. The van der Waals surface area contributed by atoms with E-state index in [1.54, 1.807) is 0 Å². The van der Waals surface area contributed by atoms with Crippen molar-refractivity contribution in [3.63, 3.8) is 0 Å². The van der Waals surface area contributed by atoms with Crippen LogP contribution in [0.1, 0.15) is 0 Å². The Morgan fingerprint density at radius 1 is 0.117 bits per heavy atom. The molecule has 0 aliphatic heterocycles. The molecule has 0 saturated heterocycles. The maximum Gasteiger partial charge on any atom is 0.164 e. The van der Waals surface area contributed by atoms with E-state index in [1.807, 2.05) is 115 Å². The average Bonchev–Trinajstić information content (AvgIpc) is 1.71. The van der Waals surface area contributed by atoms with Crippen LogP contribution in [0.15, 0.2) is 480 Å². The Morgan fingerprint density at radius 2 is 0.387 bits per heavy atom. The van der Waals surface area contributed by atoms with E-state index in [4.69, 9.17) is 58.1 Å². The second-order valence-electron chi connectivity index (χ2n) is 34.2. The highest BCUT2D eigenvalue weighted by molar-refractivity contribution is 6.17. The van der Waals surface area contributed by atoms with E-state index in [0.29, 0.717) is 52.4 Å². The Morgan fingerprint density at radius 3 is 0.869 bits per heavy atom. The summed E-state index contributed by atoms with van der Waals surface area (Å²) in [4.78, 5) is 45.3. The van der Waals surface area contributed by atoms with Crippen molar-refractivity contribution in [3.8, 4) is 147 Å². The third-order valence-electron chi connectivity index (χ3n) is 25.8. The number of aromatic nitrogens is 9. The summed E-state index contributed by atoms with van der Waals surface area (Å²) < 4.78 is 18.4. The van der Waals surface area contributed by atoms with Gasteiger partial charge in [-0.25, -0.2) is 44.9 Å². The summed E-state index contributed by atoms with van der Waals surface area (Å²) in [5, 5.41) is 18.1. The van der Waals surface area contributed by atoms with E-state index >= 15 is 0 Å². The smallest absolute Gasteiger partial charge is 0.164 e. The number of furan rings is 3. The normalized spacial score (nSPS) is 11.5. The van der Waals surface area contributed by atoms with Gasteiger partial charge in [-0.3, -0.25) is 0 Å². The maximum absolute atomic E-state index is 6.24. The summed E-state index contributed by atoms with van der Waals surface area (Å²) in [5.74, 6) is 5.78. The molecule has 21 aromatic carbocycles. The highest BCUT2D eigenvalue weighted by Gasteiger charge is 2.24. The van der Waals surface area contributed by atoms with E-state index < -0.39 is 0 Å². The van der Waals surface area contributed by atoms with Crippen LogP contribution < -0.4 is 0 Å². The fourth-order valence-electron chi connectivity index (χ4n) is 19.0. The molecule has 0 fully saturated rings. The minimum atomic E-state index is 0.633. The zero-order valence-corrected chi connectivity index (χ0v) is 73.7. The summed E-state index contributed by atoms with van der Waals surface area (Å²) in [7, 11) is 0. The summed E-state index contributed by atoms with van der Waals surface area (Å²) in [6.45, 7) is 0. The van der Waals surface area contributed by atoms with Crippen molar-refractivity contribution in [1.29, 1.82) is 0 Å². The Hall–Kier alpha value is -18.7. The third-order valence-corrected chi connectivity index (χ3v) is 25.8. The van der Waals surface area contributed by atoms with Gasteiger partial charge in [-0.05, 0) is 183 Å². The monoisotopic (exact) mass is 1750 g/mol. The summed E-state index contributed by atoms with van der Waals surface area (Å²) in [5.41, 5.74) is 22.9. The fraction of sp³-hybridized carbons (Fsp3) is 0. The van der Waals surface area contributed by atoms with Crippen LogP contribution in [0.2, 0.25) is 0 Å². The van der Waals surface area contributed by atoms with E-state index in [-0.39, 0.29) is 0 Å². The first-order valence-corrected chi connectivity index (χ1v) is 45.7. The lowest BCUT2D eigenvalue weighted by Gasteiger charge is -2.14. The quantitative estimate of drug-likeness (QED) is 0.108. The first-order valence-electron chi connectivity index (χ1n) is 45.7. The standard InChI is InChI=1S/C43H27N3O.2C41H25N3O/c1-3-13-28(14-4-1)30-17-11-18-31(27-30)42-44-41(29-15-5-2-6-16-29)45-43(46-42)36-26-25-34(32-19-7-8-20-33(32)36)35-22-12-24-39-40(35)37-21-9-10-23-38(37)47-39;1-3-9-30-23-33(19-15-26(30)7-1)40-42-39(43-41(44-40)34-20-16-27-8-2-4-10-31(27)24-34)29-17-13-28(14-18-29)32-21-22-38-36(25-32)35-11-5-6-12-37(35)45-38;1-2-11-27(12-3-1)39-42-40(30-19-18-26-10-4-5-13-28(26)24-30)44-41(43-39)35-22-21-31(32-14-6-7-15-33(32)35)29-20-23-38-36(25-29)34-16-8-9-17-37(34)45-38/h1-27H;2*1-25H. The molecule has 0 unspecified atom stereocenters. The molecule has 0 bridgehead atoms. The van der Waals surface area contributed by atoms with Crippen LogP contribution in [0.3, 0.4) is 0 Å². The SMILES string of the molecule is c1ccc(-c2cccc(-c3nc(-c4ccccc4)nc(-c4ccc(-c5cccc6oc7ccccc7c56)c5ccccc45)n3)c2)cc1.c1ccc(-c2nc(-c3ccc4ccccc4c3)nc(-c3ccc(-c4ccc5oc6ccccc6c5c4)c4ccccc34)n2)cc1.c1ccc2cc(-c3nc(-c4ccc(-c5ccc6oc7ccccc7c6c5)cc4)nc(-c4ccc5ccccc5c4)n3)ccc2c1. The van der Waals surface area contributed by atoms with Crippen molar-refractivity contribution in [1.82, 2.24) is 44.9 Å². The van der Waals surface area contributed by atoms with Gasteiger partial charge in [-0.2, -0.15) is 0 Å². The Kier molecular flexibility index (Phi) is 20.3. The van der Waals surface area contributed by atoms with E-state index in [1.165, 1.54) is 16.2 Å². The number of para-hydroxylation sites is 3. The zero-order valence-electron chi connectivity index (χ0n) is 73.7. The molecule has 6 aromatic heterocycles. The van der Waals surface area contributed by atoms with Crippen molar-refractivity contribution in [2.45, 2.75) is 0 Å². The van der Waals surface area contributed by atoms with Gasteiger partial charge in [0.15, 0.2) is 52.4 Å². The molecule has 0 spiro atoms. The van der Waals surface area contributed by atoms with Crippen LogP contribution in [0.25, 0.3) is 267 Å². The molecule has 0 radical (unpaired) electrons. The third kappa shape index (κ3) is 15.4. The number of hydrogen-bond acceptors (Lipinski definition) is 12. The second kappa shape index (κ2) is 34.6. The van der Waals surface area contributed by atoms with Gasteiger partial charge in [0.05, 0.1) is 0 Å². The second-order valence-corrected chi connectivity index (χ2v) is 34.2. The molecule has 640 valence electrons. The Balaban J connectivity index is 0.000000109. The van der Waals surface area contributed by atoms with Crippen LogP contribution in [0.4, 0.5) is 0 Å². The number of rotatable bonds is 13. The first kappa shape index (κ1) is 80.4. The number of benzene rings is 21. The predicted octanol–water partition coefficient (Wildman–Crippen LogP) is 32.8. The van der Waals surface area contributed by atoms with Gasteiger partial charge in [0.2, 0.25) is 0 Å². The minimum absolute atomic E-state index is 0.633. The largest absolute Gasteiger partial charge is 0.456 e. The molecule has 137 heavy (non-hydrogen) atoms. The Labute approximate surface area is 786 Å². The van der Waals surface area contributed by atoms with E-state index in [9.17, 15) is 0 Å². The van der Waals surface area contributed by atoms with Crippen LogP contribution in [0, 0.1) is 0 Å². The molecule has 27 aromatic rings. The topological polar surface area (TPSA) is 155 Å². The van der Waals surface area contributed by atoms with Crippen LogP contribution in [-0.2, 0) is 0 Å². The fourth-order valence-corrected chi connectivity index (χ4v) is 19.0. The molecule has 0 saturated carbocycles. The van der Waals surface area contributed by atoms with Gasteiger partial charge >= 0.3 is 0 Å². The van der Waals surface area contributed by atoms with Crippen LogP contribution >= 0.6 is 0 Å². The van der Waals surface area contributed by atoms with Crippen molar-refractivity contribution >= 4 is 120 Å². The van der Waals surface area contributed by atoms with Crippen molar-refractivity contribution in [2.75, 3.05) is 0 Å². The molecule has 0 aliphatic rings. The van der Waals surface area contributed by atoms with E-state index in [2.05, 4.69) is 352 Å². The van der Waals surface area contributed by atoms with E-state index in [0.717, 1.165) is 198 Å². The van der Waals surface area contributed by atoms with Gasteiger partial charge in [0, 0.05) is 82.4 Å². The summed E-state index contributed by atoms with van der Waals surface area (Å²) in [6.07, 6.45) is 0. The maximum atomic E-state index is 6.24. The molecule has 0 aliphatic carbocycles. The molecule has 0 atom stereocenters. The molecule has 12 heteroatoms. The average molecular weight is 1750 g/mol. The van der Waals surface area contributed by atoms with Gasteiger partial charge in [-0.15, -0.1) is 0 Å². The van der Waals surface area contributed by atoms with Crippen LogP contribution in [0.5, 0.6) is 0 Å². The highest BCUT2D eigenvalue weighted by atomic mass is 16.3. The number of nitrogens with zero attached hydrogens (tertiary/aromatic N) is 9. The van der Waals surface area contributed by atoms with Crippen molar-refractivity contribution in [3.05, 3.63) is 467 Å². The van der Waals surface area contributed by atoms with Crippen LogP contribution in [-0.4, -0.2) is 44.9 Å². The van der Waals surface area contributed by atoms with Crippen molar-refractivity contribution in [2.24, 2.45) is 0 Å². The summed E-state index contributed by atoms with van der Waals surface area (Å²) in [6, 6.07) is 161. The molecular weight excluding hydrogens is 1680 g/mol. The van der Waals surface area contributed by atoms with Gasteiger partial charge in [0.1, 0.15) is 33.5 Å². The van der Waals surface area contributed by atoms with Gasteiger partial charge in [-0.1, -0.05) is 382 Å². The zero-order chi connectivity index (χ0) is 90.6. The minimum Gasteiger partial charge on any atom is -0.456 e. The highest BCUT2D eigenvalue weighted by Crippen LogP contribution is 2.45. The van der Waals surface area contributed by atoms with Crippen molar-refractivity contribution < 1.29 is 13.3 Å². The lowest BCUT2D eigenvalue weighted by Crippen LogP contribution is -2.01. The van der Waals surface area contributed by atoms with Gasteiger partial charge < -0.3 is 13.3 Å². The predicted molar refractivity (Wildman–Crippen MR) is 560 cm³/mol. The molecular formula is C125H77N9O3. The number of hydrogen-bond donors (Lipinski definition) is 0. The summed E-state index contributed by atoms with van der Waals surface area (Å²) >= 11 is 0. The first-order chi connectivity index (χ1) is 67.8. The number of fused-ring (bicyclic) bond motifs is 14. The molecule has 6 heterocycles.